The predicted octanol–water partition coefficient (Wildman–Crippen LogP) is 4.22. The third-order valence-electron chi connectivity index (χ3n) is 6.60. The second kappa shape index (κ2) is 8.45. The fraction of sp³-hybridized carbons (Fsp3) is 0.269. The summed E-state index contributed by atoms with van der Waals surface area (Å²) in [5.41, 5.74) is 4.03. The number of hydrogen-bond acceptors (Lipinski definition) is 5. The van der Waals surface area contributed by atoms with Gasteiger partial charge in [0.25, 0.3) is 0 Å². The Hall–Kier alpha value is -3.36. The van der Waals surface area contributed by atoms with Gasteiger partial charge in [0.1, 0.15) is 0 Å². The quantitative estimate of drug-likeness (QED) is 0.530. The molecule has 0 atom stereocenters. The number of carbonyl (C=O) groups is 1. The summed E-state index contributed by atoms with van der Waals surface area (Å²) in [6, 6.07) is 18.3. The normalized spacial score (nSPS) is 15.7. The van der Waals surface area contributed by atoms with Crippen LogP contribution >= 0.6 is 0 Å². The Morgan fingerprint density at radius 3 is 2.38 bits per heavy atom. The van der Waals surface area contributed by atoms with E-state index in [9.17, 15) is 13.2 Å². The van der Waals surface area contributed by atoms with E-state index in [0.29, 0.717) is 17.2 Å². The lowest BCUT2D eigenvalue weighted by Crippen LogP contribution is -2.27. The summed E-state index contributed by atoms with van der Waals surface area (Å²) in [4.78, 5) is 13.5. The summed E-state index contributed by atoms with van der Waals surface area (Å²) in [6.07, 6.45) is 2.36. The van der Waals surface area contributed by atoms with Gasteiger partial charge in [-0.3, -0.25) is 4.79 Å². The van der Waals surface area contributed by atoms with Gasteiger partial charge in [-0.05, 0) is 85.0 Å². The minimum absolute atomic E-state index is 0.0444. The summed E-state index contributed by atoms with van der Waals surface area (Å²) in [5, 5.41) is 3.10. The molecule has 0 saturated heterocycles. The zero-order chi connectivity index (χ0) is 23.9. The van der Waals surface area contributed by atoms with Crippen LogP contribution in [-0.4, -0.2) is 28.2 Å². The molecule has 0 unspecified atom stereocenters. The fourth-order valence-electron chi connectivity index (χ4n) is 4.38. The van der Waals surface area contributed by atoms with Gasteiger partial charge in [0.05, 0.1) is 10.3 Å². The molecule has 5 rings (SSSR count). The molecule has 0 radical (unpaired) electrons. The number of benzene rings is 3. The zero-order valence-electron chi connectivity index (χ0n) is 19.1. The SMILES string of the molecule is CCc1ccc(NC(=O)C2(c3ccc4c(c3)OCO4)CC2)cc1-c1ccc(S(=O)(=O)NC)cc1. The molecule has 34 heavy (non-hydrogen) atoms. The lowest BCUT2D eigenvalue weighted by atomic mass is 9.93. The van der Waals surface area contributed by atoms with Crippen LogP contribution in [-0.2, 0) is 26.7 Å². The van der Waals surface area contributed by atoms with Crippen LogP contribution in [0.1, 0.15) is 30.9 Å². The number of carbonyl (C=O) groups excluding carboxylic acids is 1. The van der Waals surface area contributed by atoms with E-state index in [1.54, 1.807) is 24.3 Å². The van der Waals surface area contributed by atoms with E-state index >= 15 is 0 Å². The van der Waals surface area contributed by atoms with Crippen molar-refractivity contribution in [2.75, 3.05) is 19.2 Å². The van der Waals surface area contributed by atoms with Crippen LogP contribution in [0.15, 0.2) is 65.6 Å². The Balaban J connectivity index is 1.41. The van der Waals surface area contributed by atoms with Gasteiger partial charge in [-0.1, -0.05) is 31.2 Å². The number of ether oxygens (including phenoxy) is 2. The summed E-state index contributed by atoms with van der Waals surface area (Å²) in [6.45, 7) is 2.27. The van der Waals surface area contributed by atoms with Crippen molar-refractivity contribution in [2.24, 2.45) is 0 Å². The van der Waals surface area contributed by atoms with E-state index < -0.39 is 15.4 Å². The lowest BCUT2D eigenvalue weighted by Gasteiger charge is -2.18. The van der Waals surface area contributed by atoms with E-state index in [0.717, 1.165) is 41.5 Å². The Bertz CT molecular complexity index is 1360. The van der Waals surface area contributed by atoms with Crippen LogP contribution in [0.2, 0.25) is 0 Å². The molecule has 7 nitrogen and oxygen atoms in total. The van der Waals surface area contributed by atoms with E-state index in [1.807, 2.05) is 36.4 Å². The molecule has 1 fully saturated rings. The molecular weight excluding hydrogens is 452 g/mol. The maximum atomic E-state index is 13.3. The highest BCUT2D eigenvalue weighted by Crippen LogP contribution is 2.51. The Kier molecular flexibility index (Phi) is 5.58. The summed E-state index contributed by atoms with van der Waals surface area (Å²) >= 11 is 0. The average molecular weight is 479 g/mol. The molecule has 1 amide bonds. The first kappa shape index (κ1) is 22.4. The first-order valence-corrected chi connectivity index (χ1v) is 12.7. The molecule has 176 valence electrons. The number of fused-ring (bicyclic) bond motifs is 1. The molecule has 1 saturated carbocycles. The monoisotopic (exact) mass is 478 g/mol. The van der Waals surface area contributed by atoms with Crippen LogP contribution in [0.3, 0.4) is 0 Å². The number of aryl methyl sites for hydroxylation is 1. The first-order valence-electron chi connectivity index (χ1n) is 11.2. The highest BCUT2D eigenvalue weighted by Gasteiger charge is 2.51. The number of rotatable bonds is 7. The number of nitrogens with one attached hydrogen (secondary N) is 2. The molecule has 3 aromatic carbocycles. The van der Waals surface area contributed by atoms with Gasteiger partial charge in [-0.15, -0.1) is 0 Å². The molecule has 2 N–H and O–H groups in total. The largest absolute Gasteiger partial charge is 0.454 e. The summed E-state index contributed by atoms with van der Waals surface area (Å²) in [7, 11) is -2.11. The molecule has 0 bridgehead atoms. The van der Waals surface area contributed by atoms with Crippen molar-refractivity contribution in [3.05, 3.63) is 71.8 Å². The Labute approximate surface area is 199 Å². The Morgan fingerprint density at radius 1 is 0.971 bits per heavy atom. The van der Waals surface area contributed by atoms with Crippen LogP contribution in [0.25, 0.3) is 11.1 Å². The van der Waals surface area contributed by atoms with Crippen molar-refractivity contribution in [1.82, 2.24) is 4.72 Å². The Morgan fingerprint density at radius 2 is 1.71 bits per heavy atom. The van der Waals surface area contributed by atoms with Crippen molar-refractivity contribution in [2.45, 2.75) is 36.5 Å². The van der Waals surface area contributed by atoms with Crippen molar-refractivity contribution < 1.29 is 22.7 Å². The van der Waals surface area contributed by atoms with Gasteiger partial charge in [-0.2, -0.15) is 0 Å². The first-order chi connectivity index (χ1) is 16.4. The average Bonchev–Trinajstić information content (AvgIpc) is 3.55. The highest BCUT2D eigenvalue weighted by molar-refractivity contribution is 7.89. The second-order valence-electron chi connectivity index (χ2n) is 8.56. The number of sulfonamides is 1. The molecule has 3 aromatic rings. The molecule has 2 aliphatic rings. The van der Waals surface area contributed by atoms with Gasteiger partial charge in [0.15, 0.2) is 11.5 Å². The molecule has 1 heterocycles. The predicted molar refractivity (Wildman–Crippen MR) is 130 cm³/mol. The molecule has 0 aromatic heterocycles. The topological polar surface area (TPSA) is 93.7 Å². The van der Waals surface area contributed by atoms with Crippen LogP contribution in [0, 0.1) is 0 Å². The van der Waals surface area contributed by atoms with E-state index in [-0.39, 0.29) is 17.6 Å². The van der Waals surface area contributed by atoms with Gasteiger partial charge >= 0.3 is 0 Å². The fourth-order valence-corrected chi connectivity index (χ4v) is 5.11. The van der Waals surface area contributed by atoms with Crippen LogP contribution in [0.4, 0.5) is 5.69 Å². The van der Waals surface area contributed by atoms with Crippen molar-refractivity contribution in [1.29, 1.82) is 0 Å². The van der Waals surface area contributed by atoms with Gasteiger partial charge in [0, 0.05) is 5.69 Å². The third kappa shape index (κ3) is 3.93. The van der Waals surface area contributed by atoms with Gasteiger partial charge < -0.3 is 14.8 Å². The van der Waals surface area contributed by atoms with Crippen molar-refractivity contribution in [3.8, 4) is 22.6 Å². The standard InChI is InChI=1S/C26H26N2O5S/c1-3-17-4-8-20(15-22(17)18-5-9-21(10-6-18)34(30,31)27-2)28-25(29)26(12-13-26)19-7-11-23-24(14-19)33-16-32-23/h4-11,14-15,27H,3,12-13,16H2,1-2H3,(H,28,29). The van der Waals surface area contributed by atoms with E-state index in [1.165, 1.54) is 7.05 Å². The molecule has 1 aliphatic carbocycles. The summed E-state index contributed by atoms with van der Waals surface area (Å²) in [5.74, 6) is 1.33. The van der Waals surface area contributed by atoms with Crippen molar-refractivity contribution in [3.63, 3.8) is 0 Å². The minimum atomic E-state index is -3.50. The molecular formula is C26H26N2O5S. The highest BCUT2D eigenvalue weighted by atomic mass is 32.2. The van der Waals surface area contributed by atoms with Gasteiger partial charge in [0.2, 0.25) is 22.7 Å². The number of anilines is 1. The summed E-state index contributed by atoms with van der Waals surface area (Å²) < 4.78 is 37.3. The maximum Gasteiger partial charge on any atom is 0.240 e. The van der Waals surface area contributed by atoms with Crippen LogP contribution < -0.4 is 19.5 Å². The maximum absolute atomic E-state index is 13.3. The lowest BCUT2D eigenvalue weighted by molar-refractivity contribution is -0.118. The minimum Gasteiger partial charge on any atom is -0.454 e. The van der Waals surface area contributed by atoms with E-state index in [4.69, 9.17) is 9.47 Å². The third-order valence-corrected chi connectivity index (χ3v) is 8.03. The molecule has 8 heteroatoms. The van der Waals surface area contributed by atoms with Gasteiger partial charge in [-0.25, -0.2) is 13.1 Å². The van der Waals surface area contributed by atoms with Crippen LogP contribution in [0.5, 0.6) is 11.5 Å². The smallest absolute Gasteiger partial charge is 0.240 e. The second-order valence-corrected chi connectivity index (χ2v) is 10.4. The number of hydrogen-bond donors (Lipinski definition) is 2. The molecule has 1 aliphatic heterocycles. The van der Waals surface area contributed by atoms with Crippen molar-refractivity contribution >= 4 is 21.6 Å². The molecule has 0 spiro atoms. The number of amides is 1. The zero-order valence-corrected chi connectivity index (χ0v) is 19.9. The van der Waals surface area contributed by atoms with E-state index in [2.05, 4.69) is 17.0 Å².